The maximum atomic E-state index is 11.9. The molecule has 0 aromatic heterocycles. The van der Waals surface area contributed by atoms with Gasteiger partial charge in [-0.05, 0) is 37.5 Å². The molecule has 0 bridgehead atoms. The van der Waals surface area contributed by atoms with E-state index < -0.39 is 5.97 Å². The van der Waals surface area contributed by atoms with Gasteiger partial charge in [0, 0.05) is 26.3 Å². The lowest BCUT2D eigenvalue weighted by atomic mass is 10.1. The Balaban J connectivity index is 1.69. The lowest BCUT2D eigenvalue weighted by molar-refractivity contribution is -0.137. The van der Waals surface area contributed by atoms with E-state index in [-0.39, 0.29) is 12.6 Å². The summed E-state index contributed by atoms with van der Waals surface area (Å²) in [6.45, 7) is 2.52. The number of hydrogen-bond donors (Lipinski definition) is 2. The molecule has 0 radical (unpaired) electrons. The molecule has 2 aliphatic rings. The van der Waals surface area contributed by atoms with Crippen molar-refractivity contribution in [3.8, 4) is 0 Å². The number of urea groups is 1. The number of ether oxygens (including phenoxy) is 1. The molecule has 0 spiro atoms. The summed E-state index contributed by atoms with van der Waals surface area (Å²) in [5, 5.41) is 11.6. The highest BCUT2D eigenvalue weighted by Crippen LogP contribution is 2.29. The number of carbonyl (C=O) groups excluding carboxylic acids is 1. The Hall–Kier alpha value is -1.30. The average Bonchev–Trinajstić information content (AvgIpc) is 3.02. The van der Waals surface area contributed by atoms with E-state index in [2.05, 4.69) is 5.32 Å². The van der Waals surface area contributed by atoms with Crippen LogP contribution in [0.3, 0.4) is 0 Å². The second-order valence-electron chi connectivity index (χ2n) is 5.47. The van der Waals surface area contributed by atoms with Gasteiger partial charge < -0.3 is 20.1 Å². The van der Waals surface area contributed by atoms with Crippen molar-refractivity contribution in [1.29, 1.82) is 0 Å². The van der Waals surface area contributed by atoms with E-state index in [1.54, 1.807) is 0 Å². The Morgan fingerprint density at radius 1 is 1.26 bits per heavy atom. The zero-order chi connectivity index (χ0) is 13.7. The summed E-state index contributed by atoms with van der Waals surface area (Å²) in [4.78, 5) is 24.1. The quantitative estimate of drug-likeness (QED) is 0.721. The number of amides is 2. The van der Waals surface area contributed by atoms with E-state index in [0.29, 0.717) is 24.9 Å². The Bertz CT molecular complexity index is 325. The monoisotopic (exact) mass is 270 g/mol. The SMILES string of the molecule is O=C(O)CN(CC1CC1)C(=O)NCCC1CCOC1. The molecule has 6 nitrogen and oxygen atoms in total. The number of carboxylic acid groups (broad SMARTS) is 1. The van der Waals surface area contributed by atoms with E-state index in [1.165, 1.54) is 4.90 Å². The van der Waals surface area contributed by atoms with Crippen LogP contribution in [-0.2, 0) is 9.53 Å². The fraction of sp³-hybridized carbons (Fsp3) is 0.846. The molecule has 1 unspecified atom stereocenters. The molecule has 1 heterocycles. The first kappa shape index (κ1) is 14.1. The number of aliphatic carboxylic acids is 1. The third-order valence-corrected chi connectivity index (χ3v) is 3.64. The maximum absolute atomic E-state index is 11.9. The first-order valence-electron chi connectivity index (χ1n) is 6.97. The minimum atomic E-state index is -0.958. The van der Waals surface area contributed by atoms with Gasteiger partial charge in [0.25, 0.3) is 0 Å². The highest BCUT2D eigenvalue weighted by atomic mass is 16.5. The maximum Gasteiger partial charge on any atom is 0.323 e. The Kier molecular flexibility index (Phi) is 5.01. The molecule has 2 N–H and O–H groups in total. The number of carbonyl (C=O) groups is 2. The summed E-state index contributed by atoms with van der Waals surface area (Å²) < 4.78 is 5.27. The highest BCUT2D eigenvalue weighted by molar-refractivity contribution is 5.80. The molecular weight excluding hydrogens is 248 g/mol. The summed E-state index contributed by atoms with van der Waals surface area (Å²) in [6, 6.07) is -0.256. The molecule has 2 fully saturated rings. The minimum Gasteiger partial charge on any atom is -0.480 e. The van der Waals surface area contributed by atoms with Crippen molar-refractivity contribution in [3.05, 3.63) is 0 Å². The van der Waals surface area contributed by atoms with Gasteiger partial charge in [-0.1, -0.05) is 0 Å². The summed E-state index contributed by atoms with van der Waals surface area (Å²) in [6.07, 6.45) is 4.15. The molecule has 6 heteroatoms. The zero-order valence-electron chi connectivity index (χ0n) is 11.1. The van der Waals surface area contributed by atoms with Crippen molar-refractivity contribution < 1.29 is 19.4 Å². The second-order valence-corrected chi connectivity index (χ2v) is 5.47. The summed E-state index contributed by atoms with van der Waals surface area (Å²) in [5.74, 6) is 0.0602. The Morgan fingerprint density at radius 3 is 2.63 bits per heavy atom. The predicted molar refractivity (Wildman–Crippen MR) is 68.9 cm³/mol. The fourth-order valence-corrected chi connectivity index (χ4v) is 2.30. The summed E-state index contributed by atoms with van der Waals surface area (Å²) in [7, 11) is 0. The van der Waals surface area contributed by atoms with Crippen LogP contribution in [0.15, 0.2) is 0 Å². The average molecular weight is 270 g/mol. The molecule has 2 rings (SSSR count). The van der Waals surface area contributed by atoms with Gasteiger partial charge >= 0.3 is 12.0 Å². The van der Waals surface area contributed by atoms with Gasteiger partial charge in [0.2, 0.25) is 0 Å². The fourth-order valence-electron chi connectivity index (χ4n) is 2.30. The molecule has 1 aliphatic carbocycles. The van der Waals surface area contributed by atoms with Crippen LogP contribution in [0, 0.1) is 11.8 Å². The van der Waals surface area contributed by atoms with Crippen LogP contribution in [0.1, 0.15) is 25.7 Å². The Morgan fingerprint density at radius 2 is 2.05 bits per heavy atom. The number of nitrogens with one attached hydrogen (secondary N) is 1. The van der Waals surface area contributed by atoms with Crippen LogP contribution >= 0.6 is 0 Å². The first-order valence-corrected chi connectivity index (χ1v) is 6.97. The van der Waals surface area contributed by atoms with E-state index in [9.17, 15) is 9.59 Å². The van der Waals surface area contributed by atoms with Crippen molar-refractivity contribution in [2.75, 3.05) is 32.8 Å². The third kappa shape index (κ3) is 5.06. The molecule has 2 amide bonds. The van der Waals surface area contributed by atoms with Crippen LogP contribution in [0.5, 0.6) is 0 Å². The highest BCUT2D eigenvalue weighted by Gasteiger charge is 2.28. The van der Waals surface area contributed by atoms with Crippen molar-refractivity contribution in [2.24, 2.45) is 11.8 Å². The van der Waals surface area contributed by atoms with Gasteiger partial charge in [-0.15, -0.1) is 0 Å². The van der Waals surface area contributed by atoms with Crippen molar-refractivity contribution in [2.45, 2.75) is 25.7 Å². The molecule has 0 aromatic carbocycles. The molecule has 1 saturated carbocycles. The molecular formula is C13H22N2O4. The lowest BCUT2D eigenvalue weighted by Crippen LogP contribution is -2.44. The smallest absolute Gasteiger partial charge is 0.323 e. The third-order valence-electron chi connectivity index (χ3n) is 3.64. The van der Waals surface area contributed by atoms with Crippen LogP contribution < -0.4 is 5.32 Å². The lowest BCUT2D eigenvalue weighted by Gasteiger charge is -2.21. The molecule has 19 heavy (non-hydrogen) atoms. The standard InChI is InChI=1S/C13H22N2O4/c16-12(17)8-15(7-10-1-2-10)13(18)14-5-3-11-4-6-19-9-11/h10-11H,1-9H2,(H,14,18)(H,16,17). The van der Waals surface area contributed by atoms with Crippen molar-refractivity contribution in [1.82, 2.24) is 10.2 Å². The molecule has 1 aliphatic heterocycles. The normalized spacial score (nSPS) is 22.2. The number of hydrogen-bond acceptors (Lipinski definition) is 3. The van der Waals surface area contributed by atoms with E-state index in [4.69, 9.17) is 9.84 Å². The molecule has 108 valence electrons. The van der Waals surface area contributed by atoms with Crippen LogP contribution in [0.25, 0.3) is 0 Å². The molecule has 1 atom stereocenters. The van der Waals surface area contributed by atoms with Gasteiger partial charge in [-0.3, -0.25) is 4.79 Å². The van der Waals surface area contributed by atoms with Gasteiger partial charge in [0.1, 0.15) is 6.54 Å². The van der Waals surface area contributed by atoms with Crippen LogP contribution in [0.4, 0.5) is 4.79 Å². The molecule has 1 saturated heterocycles. The van der Waals surface area contributed by atoms with Gasteiger partial charge in [-0.2, -0.15) is 0 Å². The molecule has 0 aromatic rings. The summed E-state index contributed by atoms with van der Waals surface area (Å²) in [5.41, 5.74) is 0. The summed E-state index contributed by atoms with van der Waals surface area (Å²) >= 11 is 0. The number of carboxylic acids is 1. The van der Waals surface area contributed by atoms with E-state index in [0.717, 1.165) is 38.9 Å². The largest absolute Gasteiger partial charge is 0.480 e. The van der Waals surface area contributed by atoms with Crippen molar-refractivity contribution >= 4 is 12.0 Å². The van der Waals surface area contributed by atoms with Gasteiger partial charge in [0.15, 0.2) is 0 Å². The number of nitrogens with zero attached hydrogens (tertiary/aromatic N) is 1. The van der Waals surface area contributed by atoms with E-state index >= 15 is 0 Å². The van der Waals surface area contributed by atoms with Crippen molar-refractivity contribution in [3.63, 3.8) is 0 Å². The zero-order valence-corrected chi connectivity index (χ0v) is 11.1. The Labute approximate surface area is 113 Å². The number of rotatable bonds is 7. The topological polar surface area (TPSA) is 78.9 Å². The predicted octanol–water partition coefficient (Wildman–Crippen LogP) is 0.919. The second kappa shape index (κ2) is 6.75. The van der Waals surface area contributed by atoms with Crippen LogP contribution in [0.2, 0.25) is 0 Å². The van der Waals surface area contributed by atoms with E-state index in [1.807, 2.05) is 0 Å². The van der Waals surface area contributed by atoms with Crippen LogP contribution in [-0.4, -0.2) is 54.9 Å². The van der Waals surface area contributed by atoms with Gasteiger partial charge in [-0.25, -0.2) is 4.79 Å². The first-order chi connectivity index (χ1) is 9.15. The minimum absolute atomic E-state index is 0.213. The van der Waals surface area contributed by atoms with Gasteiger partial charge in [0.05, 0.1) is 0 Å².